The molecule has 0 unspecified atom stereocenters. The van der Waals surface area contributed by atoms with Crippen molar-refractivity contribution in [3.63, 3.8) is 0 Å². The van der Waals surface area contributed by atoms with Gasteiger partial charge in [-0.25, -0.2) is 4.79 Å². The van der Waals surface area contributed by atoms with Crippen molar-refractivity contribution >= 4 is 34.4 Å². The minimum absolute atomic E-state index is 0.0734. The summed E-state index contributed by atoms with van der Waals surface area (Å²) < 4.78 is 42.8. The lowest BCUT2D eigenvalue weighted by Gasteiger charge is -2.18. The Hall–Kier alpha value is -3.04. The lowest BCUT2D eigenvalue weighted by atomic mass is 10.1. The first-order valence-corrected chi connectivity index (χ1v) is 9.27. The molecule has 4 rings (SSSR count). The van der Waals surface area contributed by atoms with Gasteiger partial charge in [0.15, 0.2) is 5.75 Å². The van der Waals surface area contributed by atoms with Gasteiger partial charge in [-0.15, -0.1) is 0 Å². The highest BCUT2D eigenvalue weighted by Gasteiger charge is 2.42. The summed E-state index contributed by atoms with van der Waals surface area (Å²) >= 11 is 5.92. The molecular formula is C20H15ClF3N3O3. The number of hydrogen-bond acceptors (Lipinski definition) is 4. The fourth-order valence-corrected chi connectivity index (χ4v) is 3.74. The molecule has 1 aliphatic carbocycles. The van der Waals surface area contributed by atoms with Crippen LogP contribution in [-0.4, -0.2) is 29.1 Å². The monoisotopic (exact) mass is 437 g/mol. The zero-order valence-corrected chi connectivity index (χ0v) is 16.0. The molecule has 0 spiro atoms. The molecule has 1 aromatic heterocycles. The number of hydrogen-bond donors (Lipinski definition) is 3. The number of aromatic nitrogens is 1. The lowest BCUT2D eigenvalue weighted by molar-refractivity contribution is -0.189. The number of ether oxygens (including phenoxy) is 1. The number of H-pyrrole nitrogens is 1. The van der Waals surface area contributed by atoms with Gasteiger partial charge >= 0.3 is 12.1 Å². The molecule has 0 fully saturated rings. The predicted molar refractivity (Wildman–Crippen MR) is 103 cm³/mol. The number of aromatic amines is 1. The number of nitrogens with one attached hydrogen (secondary N) is 2. The number of benzene rings is 2. The third kappa shape index (κ3) is 3.61. The van der Waals surface area contributed by atoms with E-state index in [9.17, 15) is 22.8 Å². The van der Waals surface area contributed by atoms with Crippen molar-refractivity contribution in [3.8, 4) is 5.75 Å². The minimum Gasteiger partial charge on any atom is -0.417 e. The topological polar surface area (TPSA) is 97.2 Å². The van der Waals surface area contributed by atoms with Crippen LogP contribution in [-0.2, 0) is 11.2 Å². The van der Waals surface area contributed by atoms with Crippen LogP contribution in [0.1, 0.15) is 27.7 Å². The van der Waals surface area contributed by atoms with Crippen molar-refractivity contribution in [2.75, 3.05) is 0 Å². The van der Waals surface area contributed by atoms with Crippen molar-refractivity contribution in [2.24, 2.45) is 5.73 Å². The summed E-state index contributed by atoms with van der Waals surface area (Å²) in [4.78, 5) is 27.0. The van der Waals surface area contributed by atoms with Gasteiger partial charge in [0.05, 0.1) is 12.1 Å². The number of carbonyl (C=O) groups excluding carboxylic acids is 2. The Balaban J connectivity index is 1.67. The first-order valence-electron chi connectivity index (χ1n) is 8.89. The molecule has 10 heteroatoms. The maximum absolute atomic E-state index is 12.9. The molecule has 0 aliphatic heterocycles. The van der Waals surface area contributed by atoms with E-state index in [-0.39, 0.29) is 21.6 Å². The van der Waals surface area contributed by atoms with Crippen LogP contribution in [0.15, 0.2) is 42.5 Å². The molecule has 156 valence electrons. The average Bonchev–Trinajstić information content (AvgIpc) is 3.19. The Kier molecular flexibility index (Phi) is 4.95. The Bertz CT molecular complexity index is 1160. The zero-order chi connectivity index (χ0) is 21.6. The van der Waals surface area contributed by atoms with Crippen molar-refractivity contribution in [2.45, 2.75) is 24.7 Å². The first-order chi connectivity index (χ1) is 14.1. The van der Waals surface area contributed by atoms with E-state index >= 15 is 0 Å². The molecule has 2 aromatic carbocycles. The maximum Gasteiger partial charge on any atom is 0.491 e. The summed E-state index contributed by atoms with van der Waals surface area (Å²) in [6.07, 6.45) is -4.77. The fourth-order valence-electron chi connectivity index (χ4n) is 3.56. The molecular weight excluding hydrogens is 423 g/mol. The Labute approximate surface area is 173 Å². The van der Waals surface area contributed by atoms with E-state index < -0.39 is 35.9 Å². The molecule has 0 saturated carbocycles. The van der Waals surface area contributed by atoms with Gasteiger partial charge in [0.25, 0.3) is 5.91 Å². The van der Waals surface area contributed by atoms with Crippen LogP contribution in [0.25, 0.3) is 10.9 Å². The van der Waals surface area contributed by atoms with E-state index in [4.69, 9.17) is 17.3 Å². The molecule has 0 radical (unpaired) electrons. The normalized spacial score (nSPS) is 18.3. The van der Waals surface area contributed by atoms with Gasteiger partial charge in [-0.3, -0.25) is 4.79 Å². The molecule has 6 nitrogen and oxygen atoms in total. The second-order valence-corrected chi connectivity index (χ2v) is 7.35. The van der Waals surface area contributed by atoms with Crippen molar-refractivity contribution in [1.82, 2.24) is 10.3 Å². The Morgan fingerprint density at radius 3 is 2.63 bits per heavy atom. The van der Waals surface area contributed by atoms with Crippen LogP contribution in [0.2, 0.25) is 5.02 Å². The van der Waals surface area contributed by atoms with Gasteiger partial charge in [0.1, 0.15) is 5.69 Å². The number of alkyl halides is 3. The van der Waals surface area contributed by atoms with Gasteiger partial charge < -0.3 is 20.8 Å². The van der Waals surface area contributed by atoms with Crippen LogP contribution in [0, 0.1) is 0 Å². The quantitative estimate of drug-likeness (QED) is 0.545. The van der Waals surface area contributed by atoms with Gasteiger partial charge in [-0.2, -0.15) is 13.2 Å². The molecule has 1 aliphatic rings. The largest absolute Gasteiger partial charge is 0.491 e. The summed E-state index contributed by atoms with van der Waals surface area (Å²) in [6.45, 7) is 0. The van der Waals surface area contributed by atoms with E-state index in [1.54, 1.807) is 0 Å². The smallest absolute Gasteiger partial charge is 0.417 e. The fraction of sp³-hybridized carbons (Fsp3) is 0.200. The number of carbonyl (C=O) groups is 2. The van der Waals surface area contributed by atoms with Crippen molar-refractivity contribution < 1.29 is 27.5 Å². The molecule has 30 heavy (non-hydrogen) atoms. The summed E-state index contributed by atoms with van der Waals surface area (Å²) in [6, 6.07) is 10.7. The van der Waals surface area contributed by atoms with Gasteiger partial charge in [-0.05, 0) is 35.7 Å². The molecule has 1 amide bonds. The van der Waals surface area contributed by atoms with E-state index in [1.807, 2.05) is 24.3 Å². The average molecular weight is 438 g/mol. The van der Waals surface area contributed by atoms with Gasteiger partial charge in [0.2, 0.25) is 0 Å². The van der Waals surface area contributed by atoms with E-state index in [0.29, 0.717) is 6.42 Å². The number of nitrogens with two attached hydrogens (primary N) is 1. The summed E-state index contributed by atoms with van der Waals surface area (Å²) in [5.74, 6) is -3.74. The van der Waals surface area contributed by atoms with E-state index in [2.05, 4.69) is 15.0 Å². The molecule has 0 bridgehead atoms. The maximum atomic E-state index is 12.9. The number of amides is 1. The second-order valence-electron chi connectivity index (χ2n) is 6.91. The first kappa shape index (κ1) is 20.2. The van der Waals surface area contributed by atoms with Gasteiger partial charge in [-0.1, -0.05) is 35.9 Å². The highest BCUT2D eigenvalue weighted by molar-refractivity contribution is 6.31. The third-order valence-corrected chi connectivity index (χ3v) is 5.21. The molecule has 3 aromatic rings. The number of esters is 1. The number of halogens is 4. The summed E-state index contributed by atoms with van der Waals surface area (Å²) in [5.41, 5.74) is 8.03. The van der Waals surface area contributed by atoms with E-state index in [1.165, 1.54) is 18.2 Å². The highest BCUT2D eigenvalue weighted by Crippen LogP contribution is 2.35. The highest BCUT2D eigenvalue weighted by atomic mass is 35.5. The standard InChI is InChI=1S/C20H15ClF3N3O3/c21-10-5-6-13-12(8-10)17(30-19(29)20(22,23)24)16(26-13)18(28)27-14-7-9-3-1-2-4-11(9)15(14)25/h1-6,8,14-15,26H,7,25H2,(H,27,28)/t14-,15+/m1/s1. The molecule has 0 saturated heterocycles. The second kappa shape index (κ2) is 7.33. The van der Waals surface area contributed by atoms with Crippen molar-refractivity contribution in [3.05, 3.63) is 64.3 Å². The molecule has 4 N–H and O–H groups in total. The summed E-state index contributed by atoms with van der Waals surface area (Å²) in [7, 11) is 0. The number of fused-ring (bicyclic) bond motifs is 2. The van der Waals surface area contributed by atoms with Crippen LogP contribution < -0.4 is 15.8 Å². The van der Waals surface area contributed by atoms with Crippen molar-refractivity contribution in [1.29, 1.82) is 0 Å². The van der Waals surface area contributed by atoms with Crippen LogP contribution in [0.3, 0.4) is 0 Å². The van der Waals surface area contributed by atoms with E-state index in [0.717, 1.165) is 11.1 Å². The molecule has 1 heterocycles. The van der Waals surface area contributed by atoms with Crippen LogP contribution >= 0.6 is 11.6 Å². The zero-order valence-electron chi connectivity index (χ0n) is 15.2. The van der Waals surface area contributed by atoms with Gasteiger partial charge in [0, 0.05) is 15.9 Å². The minimum atomic E-state index is -5.23. The predicted octanol–water partition coefficient (Wildman–Crippen LogP) is 3.64. The summed E-state index contributed by atoms with van der Waals surface area (Å²) in [5, 5.41) is 2.99. The molecule has 2 atom stereocenters. The van der Waals surface area contributed by atoms with Crippen LogP contribution in [0.5, 0.6) is 5.75 Å². The van der Waals surface area contributed by atoms with Crippen LogP contribution in [0.4, 0.5) is 13.2 Å². The lowest BCUT2D eigenvalue weighted by Crippen LogP contribution is -2.41. The Morgan fingerprint density at radius 2 is 1.93 bits per heavy atom. The number of rotatable bonds is 3. The SMILES string of the molecule is N[C@H]1c2ccccc2C[C@H]1NC(=O)c1[nH]c2ccc(Cl)cc2c1OC(=O)C(F)(F)F. The third-order valence-electron chi connectivity index (χ3n) is 4.97. The Morgan fingerprint density at radius 1 is 1.20 bits per heavy atom.